The number of hydrogen-bond acceptors (Lipinski definition) is 5. The number of hydrogen-bond donors (Lipinski definition) is 1. The van der Waals surface area contributed by atoms with Crippen molar-refractivity contribution in [2.45, 2.75) is 32.2 Å². The molecule has 166 valence electrons. The van der Waals surface area contributed by atoms with Crippen molar-refractivity contribution in [2.24, 2.45) is 0 Å². The lowest BCUT2D eigenvalue weighted by molar-refractivity contribution is -0.384. The molecule has 2 rings (SSSR count). The van der Waals surface area contributed by atoms with E-state index in [1.54, 1.807) is 37.3 Å². The van der Waals surface area contributed by atoms with Crippen LogP contribution in [0.1, 0.15) is 25.0 Å². The van der Waals surface area contributed by atoms with Gasteiger partial charge in [0.2, 0.25) is 11.8 Å². The summed E-state index contributed by atoms with van der Waals surface area (Å²) in [4.78, 5) is 37.1. The van der Waals surface area contributed by atoms with Crippen molar-refractivity contribution < 1.29 is 14.5 Å². The zero-order valence-electron chi connectivity index (χ0n) is 17.1. The standard InChI is InChI=1S/C21H23Cl2N3O4S/c1-3-24-21(28)14(2)25(11-16-6-7-17(22)10-19(16)23)20(27)13-31-12-15-4-8-18(9-5-15)26(29)30/h4-10,14H,3,11-13H2,1-2H3,(H,24,28). The van der Waals surface area contributed by atoms with Crippen molar-refractivity contribution in [2.75, 3.05) is 12.3 Å². The highest BCUT2D eigenvalue weighted by atomic mass is 35.5. The van der Waals surface area contributed by atoms with Crippen LogP contribution in [0.15, 0.2) is 42.5 Å². The molecule has 0 fully saturated rings. The Labute approximate surface area is 195 Å². The van der Waals surface area contributed by atoms with Gasteiger partial charge in [-0.3, -0.25) is 19.7 Å². The van der Waals surface area contributed by atoms with Crippen molar-refractivity contribution in [3.8, 4) is 0 Å². The first-order valence-electron chi connectivity index (χ1n) is 9.55. The molecule has 1 unspecified atom stereocenters. The molecule has 0 bridgehead atoms. The molecular formula is C21H23Cl2N3O4S. The molecule has 0 saturated carbocycles. The summed E-state index contributed by atoms with van der Waals surface area (Å²) in [6.07, 6.45) is 0. The molecule has 2 aromatic rings. The average Bonchev–Trinajstić information content (AvgIpc) is 2.73. The monoisotopic (exact) mass is 483 g/mol. The highest BCUT2D eigenvalue weighted by Gasteiger charge is 2.26. The van der Waals surface area contributed by atoms with Crippen molar-refractivity contribution in [1.29, 1.82) is 0 Å². The van der Waals surface area contributed by atoms with E-state index in [-0.39, 0.29) is 29.8 Å². The smallest absolute Gasteiger partial charge is 0.269 e. The molecule has 0 spiro atoms. The number of likely N-dealkylation sites (N-methyl/N-ethyl adjacent to an activating group) is 1. The van der Waals surface area contributed by atoms with E-state index in [9.17, 15) is 19.7 Å². The van der Waals surface area contributed by atoms with E-state index in [1.165, 1.54) is 28.8 Å². The van der Waals surface area contributed by atoms with Crippen LogP contribution >= 0.6 is 35.0 Å². The van der Waals surface area contributed by atoms with Crippen molar-refractivity contribution >= 4 is 52.5 Å². The number of nitrogens with one attached hydrogen (secondary N) is 1. The second-order valence-electron chi connectivity index (χ2n) is 6.74. The molecule has 0 aromatic heterocycles. The van der Waals surface area contributed by atoms with Gasteiger partial charge in [-0.2, -0.15) is 0 Å². The topological polar surface area (TPSA) is 92.6 Å². The van der Waals surface area contributed by atoms with Crippen molar-refractivity contribution in [1.82, 2.24) is 10.2 Å². The lowest BCUT2D eigenvalue weighted by atomic mass is 10.1. The Morgan fingerprint density at radius 2 is 1.87 bits per heavy atom. The fourth-order valence-electron chi connectivity index (χ4n) is 2.79. The molecule has 0 saturated heterocycles. The molecule has 2 aromatic carbocycles. The van der Waals surface area contributed by atoms with Crippen LogP contribution < -0.4 is 5.32 Å². The molecule has 10 heteroatoms. The number of carbonyl (C=O) groups is 2. The zero-order chi connectivity index (χ0) is 23.0. The Hall–Kier alpha value is -2.29. The van der Waals surface area contributed by atoms with E-state index in [0.717, 1.165) is 5.56 Å². The van der Waals surface area contributed by atoms with Crippen LogP contribution in [0, 0.1) is 10.1 Å². The highest BCUT2D eigenvalue weighted by molar-refractivity contribution is 7.99. The maximum absolute atomic E-state index is 13.0. The summed E-state index contributed by atoms with van der Waals surface area (Å²) in [5, 5.41) is 14.4. The molecule has 7 nitrogen and oxygen atoms in total. The molecule has 0 aliphatic heterocycles. The molecule has 0 aliphatic rings. The van der Waals surface area contributed by atoms with E-state index in [1.807, 2.05) is 6.92 Å². The molecule has 0 heterocycles. The van der Waals surface area contributed by atoms with Crippen LogP contribution in [0.4, 0.5) is 5.69 Å². The number of carbonyl (C=O) groups excluding carboxylic acids is 2. The first-order valence-corrected chi connectivity index (χ1v) is 11.5. The number of amides is 2. The Morgan fingerprint density at radius 3 is 2.45 bits per heavy atom. The van der Waals surface area contributed by atoms with Gasteiger partial charge in [-0.25, -0.2) is 0 Å². The number of nitro benzene ring substituents is 1. The summed E-state index contributed by atoms with van der Waals surface area (Å²) in [6, 6.07) is 10.5. The Balaban J connectivity index is 2.07. The minimum absolute atomic E-state index is 0.0200. The minimum atomic E-state index is -0.681. The number of benzene rings is 2. The molecule has 31 heavy (non-hydrogen) atoms. The van der Waals surface area contributed by atoms with Gasteiger partial charge in [0.1, 0.15) is 6.04 Å². The van der Waals surface area contributed by atoms with Gasteiger partial charge >= 0.3 is 0 Å². The van der Waals surface area contributed by atoms with Gasteiger partial charge in [-0.05, 0) is 37.1 Å². The Bertz CT molecular complexity index is 941. The summed E-state index contributed by atoms with van der Waals surface area (Å²) in [7, 11) is 0. The van der Waals surface area contributed by atoms with Crippen molar-refractivity contribution in [3.05, 3.63) is 73.8 Å². The van der Waals surface area contributed by atoms with Gasteiger partial charge in [0.25, 0.3) is 5.69 Å². The van der Waals surface area contributed by atoms with Crippen molar-refractivity contribution in [3.63, 3.8) is 0 Å². The summed E-state index contributed by atoms with van der Waals surface area (Å²) < 4.78 is 0. The first kappa shape index (κ1) is 25.0. The van der Waals surface area contributed by atoms with E-state index >= 15 is 0 Å². The number of halogens is 2. The quantitative estimate of drug-likeness (QED) is 0.390. The SMILES string of the molecule is CCNC(=O)C(C)N(Cc1ccc(Cl)cc1Cl)C(=O)CSCc1ccc([N+](=O)[O-])cc1. The number of rotatable bonds is 10. The van der Waals surface area contributed by atoms with E-state index in [2.05, 4.69) is 5.32 Å². The predicted molar refractivity (Wildman–Crippen MR) is 124 cm³/mol. The molecule has 1 N–H and O–H groups in total. The second-order valence-corrected chi connectivity index (χ2v) is 8.57. The average molecular weight is 484 g/mol. The third kappa shape index (κ3) is 7.41. The summed E-state index contributed by atoms with van der Waals surface area (Å²) in [6.45, 7) is 4.12. The summed E-state index contributed by atoms with van der Waals surface area (Å²) >= 11 is 13.6. The molecule has 0 radical (unpaired) electrons. The number of non-ortho nitro benzene ring substituents is 1. The van der Waals surface area contributed by atoms with Crippen LogP contribution in [0.3, 0.4) is 0 Å². The third-order valence-corrected chi connectivity index (χ3v) is 6.09. The van der Waals surface area contributed by atoms with Gasteiger partial charge in [-0.1, -0.05) is 41.4 Å². The predicted octanol–water partition coefficient (Wildman–Crippen LogP) is 4.69. The number of nitro groups is 1. The van der Waals surface area contributed by atoms with Gasteiger partial charge in [0.05, 0.1) is 10.7 Å². The minimum Gasteiger partial charge on any atom is -0.355 e. The molecule has 0 aliphatic carbocycles. The molecule has 1 atom stereocenters. The normalized spacial score (nSPS) is 11.6. The molecule has 2 amide bonds. The fourth-order valence-corrected chi connectivity index (χ4v) is 4.13. The highest BCUT2D eigenvalue weighted by Crippen LogP contribution is 2.24. The van der Waals surface area contributed by atoms with Gasteiger partial charge in [-0.15, -0.1) is 11.8 Å². The summed E-state index contributed by atoms with van der Waals surface area (Å²) in [5.74, 6) is 0.193. The maximum atomic E-state index is 13.0. The zero-order valence-corrected chi connectivity index (χ0v) is 19.5. The van der Waals surface area contributed by atoms with Gasteiger partial charge in [0.15, 0.2) is 0 Å². The fraction of sp³-hybridized carbons (Fsp3) is 0.333. The van der Waals surface area contributed by atoms with E-state index < -0.39 is 11.0 Å². The maximum Gasteiger partial charge on any atom is 0.269 e. The first-order chi connectivity index (χ1) is 14.7. The number of nitrogens with zero attached hydrogens (tertiary/aromatic N) is 2. The van der Waals surface area contributed by atoms with Crippen LogP contribution in [-0.4, -0.2) is 40.0 Å². The summed E-state index contributed by atoms with van der Waals surface area (Å²) in [5.41, 5.74) is 1.58. The lowest BCUT2D eigenvalue weighted by Crippen LogP contribution is -2.48. The largest absolute Gasteiger partial charge is 0.355 e. The van der Waals surface area contributed by atoms with Crippen LogP contribution in [0.5, 0.6) is 0 Å². The molecular weight excluding hydrogens is 461 g/mol. The van der Waals surface area contributed by atoms with E-state index in [4.69, 9.17) is 23.2 Å². The van der Waals surface area contributed by atoms with Crippen LogP contribution in [0.2, 0.25) is 10.0 Å². The van der Waals surface area contributed by atoms with Crippen LogP contribution in [-0.2, 0) is 21.9 Å². The second kappa shape index (κ2) is 11.9. The third-order valence-electron chi connectivity index (χ3n) is 4.52. The van der Waals surface area contributed by atoms with Crippen LogP contribution in [0.25, 0.3) is 0 Å². The number of thioether (sulfide) groups is 1. The Kier molecular flexibility index (Phi) is 9.61. The lowest BCUT2D eigenvalue weighted by Gasteiger charge is -2.29. The van der Waals surface area contributed by atoms with Gasteiger partial charge < -0.3 is 10.2 Å². The Morgan fingerprint density at radius 1 is 1.19 bits per heavy atom. The van der Waals surface area contributed by atoms with E-state index in [0.29, 0.717) is 27.9 Å². The van der Waals surface area contributed by atoms with Gasteiger partial charge in [0, 0.05) is 41.0 Å².